The van der Waals surface area contributed by atoms with E-state index in [4.69, 9.17) is 9.84 Å². The Labute approximate surface area is 71.8 Å². The highest BCUT2D eigenvalue weighted by atomic mass is 16.5. The van der Waals surface area contributed by atoms with Crippen molar-refractivity contribution in [3.8, 4) is 5.75 Å². The van der Waals surface area contributed by atoms with Crippen molar-refractivity contribution in [3.05, 3.63) is 29.3 Å². The lowest BCUT2D eigenvalue weighted by Crippen LogP contribution is -2.17. The second kappa shape index (κ2) is 2.79. The summed E-state index contributed by atoms with van der Waals surface area (Å²) in [6.45, 7) is 2.18. The van der Waals surface area contributed by atoms with Crippen molar-refractivity contribution >= 4 is 0 Å². The van der Waals surface area contributed by atoms with Gasteiger partial charge < -0.3 is 9.84 Å². The van der Waals surface area contributed by atoms with Gasteiger partial charge in [-0.15, -0.1) is 0 Å². The zero-order valence-corrected chi connectivity index (χ0v) is 7.08. The molecule has 2 rings (SSSR count). The first kappa shape index (κ1) is 7.62. The summed E-state index contributed by atoms with van der Waals surface area (Å²) < 4.78 is 5.49. The quantitative estimate of drug-likeness (QED) is 0.677. The number of aryl methyl sites for hydroxylation is 1. The van der Waals surface area contributed by atoms with E-state index in [9.17, 15) is 0 Å². The number of fused-ring (bicyclic) bond motifs is 1. The minimum absolute atomic E-state index is 0.0268. The van der Waals surface area contributed by atoms with Crippen LogP contribution in [-0.2, 0) is 6.42 Å². The molecule has 0 saturated heterocycles. The van der Waals surface area contributed by atoms with Crippen molar-refractivity contribution in [1.29, 1.82) is 0 Å². The molecule has 1 aromatic rings. The molecular formula is C10H12O2. The summed E-state index contributed by atoms with van der Waals surface area (Å²) in [6, 6.07) is 6.01. The average molecular weight is 164 g/mol. The molecule has 0 bridgehead atoms. The smallest absolute Gasteiger partial charge is 0.126 e. The molecule has 0 radical (unpaired) electrons. The zero-order valence-electron chi connectivity index (χ0n) is 7.08. The van der Waals surface area contributed by atoms with E-state index in [2.05, 4.69) is 13.0 Å². The van der Waals surface area contributed by atoms with Crippen molar-refractivity contribution in [2.75, 3.05) is 6.61 Å². The van der Waals surface area contributed by atoms with Gasteiger partial charge in [0.2, 0.25) is 0 Å². The number of hydrogen-bond donors (Lipinski definition) is 1. The molecule has 1 aromatic carbocycles. The maximum absolute atomic E-state index is 8.90. The molecule has 1 aliphatic rings. The van der Waals surface area contributed by atoms with Crippen LogP contribution < -0.4 is 4.74 Å². The second-order valence-corrected chi connectivity index (χ2v) is 3.18. The molecule has 0 amide bonds. The third-order valence-electron chi connectivity index (χ3n) is 2.30. The molecule has 0 aromatic heterocycles. The maximum atomic E-state index is 8.90. The van der Waals surface area contributed by atoms with Crippen molar-refractivity contribution in [3.63, 3.8) is 0 Å². The van der Waals surface area contributed by atoms with Crippen molar-refractivity contribution in [2.24, 2.45) is 0 Å². The van der Waals surface area contributed by atoms with Crippen LogP contribution in [0.25, 0.3) is 0 Å². The fraction of sp³-hybridized carbons (Fsp3) is 0.400. The summed E-state index contributed by atoms with van der Waals surface area (Å²) in [4.78, 5) is 0. The highest BCUT2D eigenvalue weighted by molar-refractivity contribution is 5.42. The highest BCUT2D eigenvalue weighted by Gasteiger charge is 2.22. The first-order valence-corrected chi connectivity index (χ1v) is 4.17. The standard InChI is InChI=1S/C10H12O2/c1-7-3-2-4-10-9(7)5-8(6-11)12-10/h2-4,8,11H,5-6H2,1H3/t8-/m1/s1. The maximum Gasteiger partial charge on any atom is 0.126 e. The van der Waals surface area contributed by atoms with E-state index in [0.29, 0.717) is 0 Å². The summed E-state index contributed by atoms with van der Waals surface area (Å²) in [7, 11) is 0. The predicted molar refractivity (Wildman–Crippen MR) is 46.4 cm³/mol. The molecule has 1 N–H and O–H groups in total. The fourth-order valence-electron chi connectivity index (χ4n) is 1.60. The first-order valence-electron chi connectivity index (χ1n) is 4.17. The highest BCUT2D eigenvalue weighted by Crippen LogP contribution is 2.30. The largest absolute Gasteiger partial charge is 0.487 e. The summed E-state index contributed by atoms with van der Waals surface area (Å²) in [5, 5.41) is 8.90. The van der Waals surface area contributed by atoms with Gasteiger partial charge in [-0.05, 0) is 18.6 Å². The Morgan fingerprint density at radius 2 is 2.42 bits per heavy atom. The molecule has 1 heterocycles. The van der Waals surface area contributed by atoms with Gasteiger partial charge >= 0.3 is 0 Å². The van der Waals surface area contributed by atoms with Gasteiger partial charge in [-0.3, -0.25) is 0 Å². The van der Waals surface area contributed by atoms with Crippen LogP contribution in [0.1, 0.15) is 11.1 Å². The molecule has 2 heteroatoms. The Morgan fingerprint density at radius 3 is 3.08 bits per heavy atom. The van der Waals surface area contributed by atoms with E-state index >= 15 is 0 Å². The number of rotatable bonds is 1. The molecule has 0 unspecified atom stereocenters. The minimum Gasteiger partial charge on any atom is -0.487 e. The van der Waals surface area contributed by atoms with Gasteiger partial charge in [-0.25, -0.2) is 0 Å². The van der Waals surface area contributed by atoms with E-state index in [-0.39, 0.29) is 12.7 Å². The van der Waals surface area contributed by atoms with Crippen LogP contribution in [0.2, 0.25) is 0 Å². The van der Waals surface area contributed by atoms with Gasteiger partial charge in [0.15, 0.2) is 0 Å². The van der Waals surface area contributed by atoms with E-state index in [1.54, 1.807) is 0 Å². The monoisotopic (exact) mass is 164 g/mol. The van der Waals surface area contributed by atoms with Crippen molar-refractivity contribution < 1.29 is 9.84 Å². The molecule has 0 spiro atoms. The number of aliphatic hydroxyl groups is 1. The molecule has 12 heavy (non-hydrogen) atoms. The average Bonchev–Trinajstić information content (AvgIpc) is 2.49. The van der Waals surface area contributed by atoms with Gasteiger partial charge in [-0.2, -0.15) is 0 Å². The van der Waals surface area contributed by atoms with Gasteiger partial charge in [0.05, 0.1) is 6.61 Å². The number of aliphatic hydroxyl groups excluding tert-OH is 1. The molecule has 0 fully saturated rings. The third kappa shape index (κ3) is 1.08. The molecule has 1 aliphatic heterocycles. The lowest BCUT2D eigenvalue weighted by Gasteiger charge is -2.04. The summed E-state index contributed by atoms with van der Waals surface area (Å²) in [5.41, 5.74) is 2.50. The van der Waals surface area contributed by atoms with Gasteiger partial charge in [0, 0.05) is 12.0 Å². The number of hydrogen-bond acceptors (Lipinski definition) is 2. The van der Waals surface area contributed by atoms with Crippen LogP contribution >= 0.6 is 0 Å². The topological polar surface area (TPSA) is 29.5 Å². The van der Waals surface area contributed by atoms with Gasteiger partial charge in [0.1, 0.15) is 11.9 Å². The predicted octanol–water partition coefficient (Wildman–Crippen LogP) is 1.29. The molecular weight excluding hydrogens is 152 g/mol. The van der Waals surface area contributed by atoms with Crippen molar-refractivity contribution in [1.82, 2.24) is 0 Å². The van der Waals surface area contributed by atoms with Crippen LogP contribution in [0.15, 0.2) is 18.2 Å². The summed E-state index contributed by atoms with van der Waals surface area (Å²) in [5.74, 6) is 0.939. The second-order valence-electron chi connectivity index (χ2n) is 3.18. The van der Waals surface area contributed by atoms with Crippen molar-refractivity contribution in [2.45, 2.75) is 19.4 Å². The molecule has 64 valence electrons. The summed E-state index contributed by atoms with van der Waals surface area (Å²) >= 11 is 0. The Bertz CT molecular complexity index is 294. The lowest BCUT2D eigenvalue weighted by molar-refractivity contribution is 0.134. The Kier molecular flexibility index (Phi) is 1.77. The molecule has 0 aliphatic carbocycles. The number of benzene rings is 1. The normalized spacial score (nSPS) is 20.3. The van der Waals surface area contributed by atoms with E-state index in [0.717, 1.165) is 12.2 Å². The lowest BCUT2D eigenvalue weighted by atomic mass is 10.0. The van der Waals surface area contributed by atoms with Gasteiger partial charge in [0.25, 0.3) is 0 Å². The number of ether oxygens (including phenoxy) is 1. The molecule has 0 saturated carbocycles. The van der Waals surface area contributed by atoms with Crippen LogP contribution in [0.5, 0.6) is 5.75 Å². The van der Waals surface area contributed by atoms with E-state index < -0.39 is 0 Å². The van der Waals surface area contributed by atoms with Crippen LogP contribution in [0.4, 0.5) is 0 Å². The minimum atomic E-state index is -0.0268. The Morgan fingerprint density at radius 1 is 1.58 bits per heavy atom. The molecule has 1 atom stereocenters. The van der Waals surface area contributed by atoms with Crippen LogP contribution in [0, 0.1) is 6.92 Å². The third-order valence-corrected chi connectivity index (χ3v) is 2.30. The molecule has 2 nitrogen and oxygen atoms in total. The van der Waals surface area contributed by atoms with E-state index in [1.165, 1.54) is 11.1 Å². The SMILES string of the molecule is Cc1cccc2c1C[C@H](CO)O2. The van der Waals surface area contributed by atoms with Crippen LogP contribution in [0.3, 0.4) is 0 Å². The first-order chi connectivity index (χ1) is 5.81. The Balaban J connectivity index is 2.35. The van der Waals surface area contributed by atoms with E-state index in [1.807, 2.05) is 12.1 Å². The van der Waals surface area contributed by atoms with Gasteiger partial charge in [-0.1, -0.05) is 12.1 Å². The Hall–Kier alpha value is -1.02. The van der Waals surface area contributed by atoms with Crippen LogP contribution in [-0.4, -0.2) is 17.8 Å². The fourth-order valence-corrected chi connectivity index (χ4v) is 1.60. The zero-order chi connectivity index (χ0) is 8.55. The summed E-state index contributed by atoms with van der Waals surface area (Å²) in [6.07, 6.45) is 0.819.